The maximum absolute atomic E-state index is 12.9. The van der Waals surface area contributed by atoms with Gasteiger partial charge in [-0.1, -0.05) is 36.9 Å². The third kappa shape index (κ3) is 4.44. The van der Waals surface area contributed by atoms with Gasteiger partial charge in [-0.2, -0.15) is 0 Å². The molecule has 2 aromatic heterocycles. The Kier molecular flexibility index (Phi) is 6.65. The molecular formula is C21H25N7O4S. The molecule has 3 aromatic rings. The number of anilines is 2. The van der Waals surface area contributed by atoms with Gasteiger partial charge in [0, 0.05) is 20.1 Å². The Bertz CT molecular complexity index is 1290. The van der Waals surface area contributed by atoms with Crippen LogP contribution in [0.5, 0.6) is 0 Å². The van der Waals surface area contributed by atoms with Crippen LogP contribution in [0.25, 0.3) is 5.69 Å². The van der Waals surface area contributed by atoms with Crippen LogP contribution in [-0.4, -0.2) is 62.2 Å². The highest BCUT2D eigenvalue weighted by Gasteiger charge is 2.25. The summed E-state index contributed by atoms with van der Waals surface area (Å²) in [5.41, 5.74) is 6.21. The molecule has 0 saturated carbocycles. The lowest BCUT2D eigenvalue weighted by atomic mass is 10.1. The number of thioether (sulfide) groups is 1. The molecule has 1 fully saturated rings. The first-order chi connectivity index (χ1) is 15.9. The fourth-order valence-corrected chi connectivity index (χ4v) is 4.48. The summed E-state index contributed by atoms with van der Waals surface area (Å²) >= 11 is 1.16. The number of carbonyl (C=O) groups excluding carboxylic acids is 1. The van der Waals surface area contributed by atoms with Crippen molar-refractivity contribution in [2.75, 3.05) is 42.7 Å². The minimum Gasteiger partial charge on any atom is -0.384 e. The van der Waals surface area contributed by atoms with E-state index in [0.29, 0.717) is 37.4 Å². The number of aryl methyl sites for hydroxylation is 1. The van der Waals surface area contributed by atoms with Crippen LogP contribution in [-0.2, 0) is 18.2 Å². The van der Waals surface area contributed by atoms with E-state index in [2.05, 4.69) is 27.0 Å². The average Bonchev–Trinajstić information content (AvgIpc) is 3.25. The average molecular weight is 472 g/mol. The molecule has 3 heterocycles. The summed E-state index contributed by atoms with van der Waals surface area (Å²) in [5.74, 6) is -0.0866. The number of morpholine rings is 1. The Morgan fingerprint density at radius 3 is 2.67 bits per heavy atom. The van der Waals surface area contributed by atoms with Crippen LogP contribution in [0.2, 0.25) is 0 Å². The molecule has 0 spiro atoms. The molecule has 4 rings (SSSR count). The van der Waals surface area contributed by atoms with E-state index >= 15 is 0 Å². The van der Waals surface area contributed by atoms with Crippen molar-refractivity contribution in [1.29, 1.82) is 0 Å². The third-order valence-electron chi connectivity index (χ3n) is 5.50. The van der Waals surface area contributed by atoms with Gasteiger partial charge in [0.25, 0.3) is 5.56 Å². The van der Waals surface area contributed by atoms with Gasteiger partial charge in [-0.25, -0.2) is 4.79 Å². The fraction of sp³-hybridized carbons (Fsp3) is 0.381. The minimum absolute atomic E-state index is 0.0962. The first-order valence-corrected chi connectivity index (χ1v) is 11.5. The highest BCUT2D eigenvalue weighted by molar-refractivity contribution is 7.99. The van der Waals surface area contributed by atoms with E-state index in [0.717, 1.165) is 34.0 Å². The number of aromatic amines is 1. The van der Waals surface area contributed by atoms with Gasteiger partial charge in [0.05, 0.1) is 24.7 Å². The molecule has 0 amide bonds. The van der Waals surface area contributed by atoms with Gasteiger partial charge in [0.1, 0.15) is 11.4 Å². The first-order valence-electron chi connectivity index (χ1n) is 10.5. The van der Waals surface area contributed by atoms with Gasteiger partial charge in [-0.3, -0.25) is 23.7 Å². The summed E-state index contributed by atoms with van der Waals surface area (Å²) < 4.78 is 8.45. The highest BCUT2D eigenvalue weighted by Crippen LogP contribution is 2.29. The molecule has 33 heavy (non-hydrogen) atoms. The Morgan fingerprint density at radius 2 is 1.94 bits per heavy atom. The van der Waals surface area contributed by atoms with Crippen LogP contribution in [0, 0.1) is 0 Å². The molecular weight excluding hydrogens is 446 g/mol. The molecule has 1 saturated heterocycles. The lowest BCUT2D eigenvalue weighted by Gasteiger charge is -2.28. The predicted molar refractivity (Wildman–Crippen MR) is 126 cm³/mol. The van der Waals surface area contributed by atoms with E-state index in [4.69, 9.17) is 10.5 Å². The summed E-state index contributed by atoms with van der Waals surface area (Å²) in [6.07, 6.45) is 0.809. The molecule has 11 nitrogen and oxygen atoms in total. The van der Waals surface area contributed by atoms with Crippen molar-refractivity contribution in [3.63, 3.8) is 0 Å². The fourth-order valence-electron chi connectivity index (χ4n) is 3.67. The zero-order valence-electron chi connectivity index (χ0n) is 18.4. The summed E-state index contributed by atoms with van der Waals surface area (Å²) in [6.45, 7) is 4.62. The van der Waals surface area contributed by atoms with Gasteiger partial charge >= 0.3 is 5.69 Å². The van der Waals surface area contributed by atoms with Crippen LogP contribution in [0.3, 0.4) is 0 Å². The number of aromatic nitrogens is 5. The lowest BCUT2D eigenvalue weighted by Crippen LogP contribution is -2.38. The van der Waals surface area contributed by atoms with Gasteiger partial charge in [-0.15, -0.1) is 10.2 Å². The smallest absolute Gasteiger partial charge is 0.329 e. The molecule has 12 heteroatoms. The van der Waals surface area contributed by atoms with Crippen LogP contribution < -0.4 is 21.9 Å². The molecule has 0 atom stereocenters. The number of benzene rings is 1. The first kappa shape index (κ1) is 22.8. The van der Waals surface area contributed by atoms with E-state index in [-0.39, 0.29) is 17.1 Å². The number of ether oxygens (including phenoxy) is 1. The van der Waals surface area contributed by atoms with E-state index in [1.807, 2.05) is 28.8 Å². The maximum Gasteiger partial charge on any atom is 0.329 e. The second kappa shape index (κ2) is 9.63. The third-order valence-corrected chi connectivity index (χ3v) is 6.43. The normalized spacial score (nSPS) is 13.9. The number of para-hydroxylation sites is 1. The van der Waals surface area contributed by atoms with Crippen molar-refractivity contribution in [3.05, 3.63) is 56.2 Å². The lowest BCUT2D eigenvalue weighted by molar-refractivity contribution is 0.102. The largest absolute Gasteiger partial charge is 0.384 e. The number of Topliss-reactive ketones (excluding diaryl/α,β-unsaturated/α-hetero) is 1. The van der Waals surface area contributed by atoms with Crippen molar-refractivity contribution in [3.8, 4) is 5.69 Å². The molecule has 174 valence electrons. The van der Waals surface area contributed by atoms with Crippen LogP contribution in [0.1, 0.15) is 22.8 Å². The molecule has 0 aliphatic carbocycles. The highest BCUT2D eigenvalue weighted by atomic mass is 32.2. The summed E-state index contributed by atoms with van der Waals surface area (Å²) in [6, 6.07) is 7.96. The minimum atomic E-state index is -0.798. The molecule has 1 aliphatic heterocycles. The predicted octanol–water partition coefficient (Wildman–Crippen LogP) is 0.611. The molecule has 1 aromatic carbocycles. The molecule has 3 N–H and O–H groups in total. The Labute approximate surface area is 193 Å². The van der Waals surface area contributed by atoms with E-state index < -0.39 is 17.0 Å². The van der Waals surface area contributed by atoms with Crippen LogP contribution in [0.4, 0.5) is 11.8 Å². The van der Waals surface area contributed by atoms with E-state index in [9.17, 15) is 14.4 Å². The van der Waals surface area contributed by atoms with Crippen molar-refractivity contribution >= 4 is 29.3 Å². The summed E-state index contributed by atoms with van der Waals surface area (Å²) in [5, 5.41) is 9.29. The number of nitrogens with one attached hydrogen (secondary N) is 1. The monoisotopic (exact) mass is 471 g/mol. The number of H-pyrrole nitrogens is 1. The van der Waals surface area contributed by atoms with Gasteiger partial charge in [0.15, 0.2) is 10.9 Å². The van der Waals surface area contributed by atoms with Crippen molar-refractivity contribution in [2.45, 2.75) is 18.5 Å². The SMILES string of the molecule is CCc1ccccc1-n1c(SCC(=O)c2c(N)n(C)c(=O)[nH]c2=O)nnc1N1CCOCC1. The number of rotatable bonds is 7. The number of ketones is 1. The summed E-state index contributed by atoms with van der Waals surface area (Å²) in [4.78, 5) is 41.0. The molecule has 0 radical (unpaired) electrons. The molecule has 0 unspecified atom stereocenters. The van der Waals surface area contributed by atoms with Gasteiger partial charge in [0.2, 0.25) is 5.95 Å². The van der Waals surface area contributed by atoms with E-state index in [1.165, 1.54) is 7.05 Å². The van der Waals surface area contributed by atoms with Crippen molar-refractivity contribution < 1.29 is 9.53 Å². The number of hydrogen-bond acceptors (Lipinski definition) is 9. The topological polar surface area (TPSA) is 141 Å². The van der Waals surface area contributed by atoms with Crippen molar-refractivity contribution in [2.24, 2.45) is 7.05 Å². The maximum atomic E-state index is 12.9. The Balaban J connectivity index is 1.69. The number of nitrogen functional groups attached to an aromatic ring is 1. The van der Waals surface area contributed by atoms with Crippen molar-refractivity contribution in [1.82, 2.24) is 24.3 Å². The number of nitrogens with two attached hydrogens (primary N) is 1. The Hall–Kier alpha value is -3.38. The van der Waals surface area contributed by atoms with Gasteiger partial charge in [-0.05, 0) is 18.1 Å². The number of hydrogen-bond donors (Lipinski definition) is 2. The quantitative estimate of drug-likeness (QED) is 0.374. The second-order valence-corrected chi connectivity index (χ2v) is 8.43. The summed E-state index contributed by atoms with van der Waals surface area (Å²) in [7, 11) is 1.39. The Morgan fingerprint density at radius 1 is 1.21 bits per heavy atom. The number of carbonyl (C=O) groups is 1. The van der Waals surface area contributed by atoms with Crippen LogP contribution >= 0.6 is 11.8 Å². The zero-order chi connectivity index (χ0) is 23.5. The second-order valence-electron chi connectivity index (χ2n) is 7.49. The molecule has 1 aliphatic rings. The van der Waals surface area contributed by atoms with Crippen LogP contribution in [0.15, 0.2) is 39.0 Å². The molecule has 0 bridgehead atoms. The van der Waals surface area contributed by atoms with Gasteiger partial charge < -0.3 is 15.4 Å². The number of nitrogens with zero attached hydrogens (tertiary/aromatic N) is 5. The zero-order valence-corrected chi connectivity index (χ0v) is 19.2. The van der Waals surface area contributed by atoms with E-state index in [1.54, 1.807) is 0 Å². The standard InChI is InChI=1S/C21H25N7O4S/c1-3-13-6-4-5-7-14(13)28-19(27-8-10-32-11-9-27)24-25-21(28)33-12-15(29)16-17(22)26(2)20(31)23-18(16)30/h4-7H,3,8-12,22H2,1-2H3,(H,23,30,31).